The number of aromatic nitrogens is 2. The molecule has 0 fully saturated rings. The first-order valence-corrected chi connectivity index (χ1v) is 9.37. The van der Waals surface area contributed by atoms with Crippen molar-refractivity contribution in [2.75, 3.05) is 32.5 Å². The van der Waals surface area contributed by atoms with Gasteiger partial charge < -0.3 is 24.7 Å². The zero-order valence-corrected chi connectivity index (χ0v) is 17.4. The Morgan fingerprint density at radius 1 is 1.17 bits per heavy atom. The van der Waals surface area contributed by atoms with Crippen LogP contribution in [0.25, 0.3) is 0 Å². The van der Waals surface area contributed by atoms with Gasteiger partial charge in [-0.1, -0.05) is 0 Å². The van der Waals surface area contributed by atoms with Crippen molar-refractivity contribution >= 4 is 23.2 Å². The third kappa shape index (κ3) is 5.67. The summed E-state index contributed by atoms with van der Waals surface area (Å²) >= 11 is 0. The van der Waals surface area contributed by atoms with Gasteiger partial charge >= 0.3 is 0 Å². The van der Waals surface area contributed by atoms with Gasteiger partial charge in [0.15, 0.2) is 0 Å². The van der Waals surface area contributed by atoms with Crippen LogP contribution in [-0.2, 0) is 7.05 Å². The number of amides is 2. The lowest BCUT2D eigenvalue weighted by Gasteiger charge is -2.11. The normalized spacial score (nSPS) is 11.1. The summed E-state index contributed by atoms with van der Waals surface area (Å²) in [6.07, 6.45) is 3.80. The molecule has 10 nitrogen and oxygen atoms in total. The zero-order chi connectivity index (χ0) is 21.7. The monoisotopic (exact) mass is 404 g/mol. The number of rotatable bonds is 9. The Morgan fingerprint density at radius 2 is 1.86 bits per heavy atom. The van der Waals surface area contributed by atoms with Crippen LogP contribution in [-0.4, -0.2) is 58.0 Å². The molecule has 0 radical (unpaired) electrons. The van der Waals surface area contributed by atoms with Crippen molar-refractivity contribution in [2.45, 2.75) is 26.3 Å². The number of anilines is 1. The highest BCUT2D eigenvalue weighted by atomic mass is 16.6. The Bertz CT molecular complexity index is 897. The molecule has 2 aromatic heterocycles. The molecule has 0 bridgehead atoms. The number of nitrogens with one attached hydrogen (secondary N) is 2. The summed E-state index contributed by atoms with van der Waals surface area (Å²) in [7, 11) is 5.66. The lowest BCUT2D eigenvalue weighted by molar-refractivity contribution is -0.384. The van der Waals surface area contributed by atoms with Gasteiger partial charge in [-0.2, -0.15) is 0 Å². The lowest BCUT2D eigenvalue weighted by atomic mass is 10.3. The van der Waals surface area contributed by atoms with Crippen LogP contribution < -0.4 is 10.6 Å². The maximum Gasteiger partial charge on any atom is 0.287 e. The van der Waals surface area contributed by atoms with Crippen LogP contribution in [0.4, 0.5) is 11.4 Å². The Balaban J connectivity index is 2.10. The van der Waals surface area contributed by atoms with Crippen molar-refractivity contribution in [1.82, 2.24) is 19.4 Å². The van der Waals surface area contributed by atoms with Crippen LogP contribution in [0.1, 0.15) is 47.3 Å². The van der Waals surface area contributed by atoms with E-state index in [1.165, 1.54) is 12.3 Å². The Hall–Kier alpha value is -3.14. The van der Waals surface area contributed by atoms with Gasteiger partial charge in [-0.05, 0) is 47.0 Å². The molecular weight excluding hydrogens is 376 g/mol. The molecule has 0 aliphatic heterocycles. The van der Waals surface area contributed by atoms with Gasteiger partial charge in [0.05, 0.1) is 16.8 Å². The van der Waals surface area contributed by atoms with E-state index in [4.69, 9.17) is 0 Å². The minimum atomic E-state index is -0.531. The fourth-order valence-corrected chi connectivity index (χ4v) is 2.92. The van der Waals surface area contributed by atoms with E-state index in [1.807, 2.05) is 32.8 Å². The summed E-state index contributed by atoms with van der Waals surface area (Å²) in [4.78, 5) is 37.6. The van der Waals surface area contributed by atoms with Gasteiger partial charge in [-0.3, -0.25) is 19.7 Å². The maximum absolute atomic E-state index is 12.7. The van der Waals surface area contributed by atoms with Crippen LogP contribution in [0.3, 0.4) is 0 Å². The van der Waals surface area contributed by atoms with Crippen molar-refractivity contribution in [3.05, 3.63) is 46.0 Å². The van der Waals surface area contributed by atoms with Crippen LogP contribution >= 0.6 is 0 Å². The first-order valence-electron chi connectivity index (χ1n) is 9.37. The molecule has 0 aliphatic rings. The highest BCUT2D eigenvalue weighted by molar-refractivity contribution is 6.04. The van der Waals surface area contributed by atoms with Gasteiger partial charge in [-0.15, -0.1) is 0 Å². The predicted molar refractivity (Wildman–Crippen MR) is 110 cm³/mol. The van der Waals surface area contributed by atoms with E-state index in [2.05, 4.69) is 10.6 Å². The highest BCUT2D eigenvalue weighted by Gasteiger charge is 2.22. The fourth-order valence-electron chi connectivity index (χ4n) is 2.92. The van der Waals surface area contributed by atoms with E-state index < -0.39 is 10.8 Å². The first-order chi connectivity index (χ1) is 13.6. The van der Waals surface area contributed by atoms with Gasteiger partial charge in [-0.25, -0.2) is 0 Å². The average molecular weight is 404 g/mol. The summed E-state index contributed by atoms with van der Waals surface area (Å²) in [5, 5.41) is 16.6. The number of carbonyl (C=O) groups excluding carboxylic acids is 2. The lowest BCUT2D eigenvalue weighted by Crippen LogP contribution is -2.28. The minimum Gasteiger partial charge on any atom is -0.351 e. The van der Waals surface area contributed by atoms with E-state index in [-0.39, 0.29) is 23.3 Å². The molecule has 0 aliphatic carbocycles. The van der Waals surface area contributed by atoms with Crippen LogP contribution in [0.2, 0.25) is 0 Å². The topological polar surface area (TPSA) is 114 Å². The van der Waals surface area contributed by atoms with Crippen molar-refractivity contribution in [2.24, 2.45) is 7.05 Å². The third-order valence-corrected chi connectivity index (χ3v) is 4.40. The molecule has 29 heavy (non-hydrogen) atoms. The number of aryl methyl sites for hydroxylation is 1. The molecular formula is C19H28N6O4. The standard InChI is InChI=1S/C19H28N6O4/c1-13(2)24-12-15(25(28)29)10-17(24)19(27)21-14-9-16(23(5)11-14)18(26)20-7-6-8-22(3)4/h9-13H,6-8H2,1-5H3,(H,20,26)(H,21,27). The predicted octanol–water partition coefficient (Wildman–Crippen LogP) is 2.25. The second-order valence-corrected chi connectivity index (χ2v) is 7.43. The number of carbonyl (C=O) groups is 2. The van der Waals surface area contributed by atoms with E-state index in [1.54, 1.807) is 28.4 Å². The summed E-state index contributed by atoms with van der Waals surface area (Å²) in [5.41, 5.74) is 0.894. The largest absolute Gasteiger partial charge is 0.351 e. The summed E-state index contributed by atoms with van der Waals surface area (Å²) in [5.74, 6) is -0.705. The van der Waals surface area contributed by atoms with Gasteiger partial charge in [0.25, 0.3) is 17.5 Å². The second kappa shape index (κ2) is 9.37. The molecule has 2 aromatic rings. The average Bonchev–Trinajstić information content (AvgIpc) is 3.22. The second-order valence-electron chi connectivity index (χ2n) is 7.43. The van der Waals surface area contributed by atoms with Crippen LogP contribution in [0.15, 0.2) is 24.5 Å². The van der Waals surface area contributed by atoms with E-state index >= 15 is 0 Å². The third-order valence-electron chi connectivity index (χ3n) is 4.40. The van der Waals surface area contributed by atoms with Crippen molar-refractivity contribution in [3.63, 3.8) is 0 Å². The van der Waals surface area contributed by atoms with Crippen LogP contribution in [0.5, 0.6) is 0 Å². The Labute approximate surface area is 169 Å². The van der Waals surface area contributed by atoms with Crippen molar-refractivity contribution < 1.29 is 14.5 Å². The molecule has 2 N–H and O–H groups in total. The van der Waals surface area contributed by atoms with Gasteiger partial charge in [0.1, 0.15) is 11.4 Å². The molecule has 0 aromatic carbocycles. The van der Waals surface area contributed by atoms with E-state index in [0.29, 0.717) is 17.9 Å². The number of nitro groups is 1. The highest BCUT2D eigenvalue weighted by Crippen LogP contribution is 2.22. The molecule has 2 rings (SSSR count). The molecule has 2 amide bonds. The van der Waals surface area contributed by atoms with Gasteiger partial charge in [0.2, 0.25) is 0 Å². The Morgan fingerprint density at radius 3 is 2.45 bits per heavy atom. The van der Waals surface area contributed by atoms with Crippen LogP contribution in [0, 0.1) is 10.1 Å². The summed E-state index contributed by atoms with van der Waals surface area (Å²) < 4.78 is 3.18. The van der Waals surface area contributed by atoms with E-state index in [0.717, 1.165) is 13.0 Å². The minimum absolute atomic E-state index is 0.122. The first kappa shape index (κ1) is 22.2. The SMILES string of the molecule is CC(C)n1cc([N+](=O)[O-])cc1C(=O)Nc1cc(C(=O)NCCCN(C)C)n(C)c1. The molecule has 0 saturated carbocycles. The molecule has 0 unspecified atom stereocenters. The summed E-state index contributed by atoms with van der Waals surface area (Å²) in [6.45, 7) is 5.09. The summed E-state index contributed by atoms with van der Waals surface area (Å²) in [6, 6.07) is 2.70. The molecule has 2 heterocycles. The molecule has 10 heteroatoms. The molecule has 0 atom stereocenters. The zero-order valence-electron chi connectivity index (χ0n) is 17.4. The Kier molecular flexibility index (Phi) is 7.16. The molecule has 158 valence electrons. The fraction of sp³-hybridized carbons (Fsp3) is 0.474. The smallest absolute Gasteiger partial charge is 0.287 e. The number of hydrogen-bond acceptors (Lipinski definition) is 5. The maximum atomic E-state index is 12.7. The van der Waals surface area contributed by atoms with E-state index in [9.17, 15) is 19.7 Å². The molecule has 0 spiro atoms. The van der Waals surface area contributed by atoms with Gasteiger partial charge in [0, 0.05) is 31.9 Å². The van der Waals surface area contributed by atoms with Crippen molar-refractivity contribution in [3.8, 4) is 0 Å². The quantitative estimate of drug-likeness (QED) is 0.378. The number of nitrogens with zero attached hydrogens (tertiary/aromatic N) is 4. The molecule has 0 saturated heterocycles. The van der Waals surface area contributed by atoms with Crippen molar-refractivity contribution in [1.29, 1.82) is 0 Å². The number of hydrogen-bond donors (Lipinski definition) is 2.